The number of hydrogen-bond acceptors (Lipinski definition) is 2. The second kappa shape index (κ2) is 8.60. The summed E-state index contributed by atoms with van der Waals surface area (Å²) >= 11 is 0. The summed E-state index contributed by atoms with van der Waals surface area (Å²) in [6.45, 7) is 11.1. The van der Waals surface area contributed by atoms with Gasteiger partial charge >= 0.3 is 0 Å². The molecule has 72 valence electrons. The zero-order valence-electron chi connectivity index (χ0n) is 8.64. The van der Waals surface area contributed by atoms with Gasteiger partial charge in [-0.05, 0) is 39.2 Å². The molecule has 0 saturated heterocycles. The maximum Gasteiger partial charge on any atom is 0.0153 e. The van der Waals surface area contributed by atoms with E-state index in [1.165, 1.54) is 26.1 Å². The number of rotatable bonds is 7. The third kappa shape index (κ3) is 6.23. The molecule has 0 radical (unpaired) electrons. The van der Waals surface area contributed by atoms with Gasteiger partial charge < -0.3 is 10.2 Å². The van der Waals surface area contributed by atoms with Crippen LogP contribution in [0.3, 0.4) is 0 Å². The molecule has 0 rings (SSSR count). The van der Waals surface area contributed by atoms with Crippen LogP contribution in [0.25, 0.3) is 0 Å². The van der Waals surface area contributed by atoms with E-state index in [2.05, 4.69) is 24.1 Å². The van der Waals surface area contributed by atoms with Gasteiger partial charge in [0.2, 0.25) is 0 Å². The fourth-order valence-electron chi connectivity index (χ4n) is 1.15. The number of nitrogens with one attached hydrogen (secondary N) is 1. The van der Waals surface area contributed by atoms with Crippen LogP contribution in [0.5, 0.6) is 0 Å². The Morgan fingerprint density at radius 3 is 2.42 bits per heavy atom. The van der Waals surface area contributed by atoms with Gasteiger partial charge in [-0.1, -0.05) is 19.9 Å². The fourth-order valence-corrected chi connectivity index (χ4v) is 1.15. The Morgan fingerprint density at radius 1 is 1.25 bits per heavy atom. The molecule has 0 unspecified atom stereocenters. The van der Waals surface area contributed by atoms with E-state index < -0.39 is 0 Å². The van der Waals surface area contributed by atoms with E-state index >= 15 is 0 Å². The molecular formula is C10H22N2. The van der Waals surface area contributed by atoms with Gasteiger partial charge in [0.05, 0.1) is 0 Å². The van der Waals surface area contributed by atoms with Gasteiger partial charge in [-0.3, -0.25) is 0 Å². The van der Waals surface area contributed by atoms with Crippen LogP contribution in [0.15, 0.2) is 12.3 Å². The lowest BCUT2D eigenvalue weighted by molar-refractivity contribution is 0.300. The molecule has 2 heteroatoms. The monoisotopic (exact) mass is 170 g/mol. The number of hydrogen-bond donors (Lipinski definition) is 1. The van der Waals surface area contributed by atoms with E-state index in [9.17, 15) is 0 Å². The molecule has 1 N–H and O–H groups in total. The van der Waals surface area contributed by atoms with Crippen molar-refractivity contribution >= 4 is 0 Å². The van der Waals surface area contributed by atoms with E-state index in [0.29, 0.717) is 0 Å². The standard InChI is InChI=1S/C10H22N2/c1-4-8-11-9-7-10-12(5-2)6-3/h4,8,11H,5-7,9-10H2,1-3H3. The Labute approximate surface area is 76.6 Å². The highest BCUT2D eigenvalue weighted by Gasteiger charge is 1.95. The van der Waals surface area contributed by atoms with Crippen LogP contribution >= 0.6 is 0 Å². The molecular weight excluding hydrogens is 148 g/mol. The third-order valence-electron chi connectivity index (χ3n) is 1.97. The van der Waals surface area contributed by atoms with Crippen molar-refractivity contribution in [3.8, 4) is 0 Å². The first-order valence-electron chi connectivity index (χ1n) is 4.92. The summed E-state index contributed by atoms with van der Waals surface area (Å²) in [5.41, 5.74) is 0. The van der Waals surface area contributed by atoms with Gasteiger partial charge in [0, 0.05) is 6.54 Å². The smallest absolute Gasteiger partial charge is 0.0153 e. The summed E-state index contributed by atoms with van der Waals surface area (Å²) in [6.07, 6.45) is 5.26. The molecule has 0 aromatic carbocycles. The number of allylic oxidation sites excluding steroid dienone is 1. The maximum atomic E-state index is 3.23. The highest BCUT2D eigenvalue weighted by Crippen LogP contribution is 1.88. The van der Waals surface area contributed by atoms with Gasteiger partial charge in [-0.25, -0.2) is 0 Å². The van der Waals surface area contributed by atoms with Crippen molar-refractivity contribution in [2.24, 2.45) is 0 Å². The van der Waals surface area contributed by atoms with Crippen LogP contribution in [0.2, 0.25) is 0 Å². The predicted molar refractivity (Wildman–Crippen MR) is 55.2 cm³/mol. The van der Waals surface area contributed by atoms with Gasteiger partial charge in [-0.2, -0.15) is 0 Å². The molecule has 0 spiro atoms. The van der Waals surface area contributed by atoms with Crippen molar-refractivity contribution in [3.05, 3.63) is 12.3 Å². The van der Waals surface area contributed by atoms with E-state index in [0.717, 1.165) is 6.54 Å². The first kappa shape index (κ1) is 11.5. The van der Waals surface area contributed by atoms with Crippen molar-refractivity contribution in [2.45, 2.75) is 27.2 Å². The van der Waals surface area contributed by atoms with E-state index in [4.69, 9.17) is 0 Å². The largest absolute Gasteiger partial charge is 0.391 e. The Kier molecular flexibility index (Phi) is 8.24. The van der Waals surface area contributed by atoms with E-state index in [1.807, 2.05) is 19.2 Å². The zero-order valence-corrected chi connectivity index (χ0v) is 8.64. The van der Waals surface area contributed by atoms with Crippen LogP contribution < -0.4 is 5.32 Å². The Bertz CT molecular complexity index is 106. The van der Waals surface area contributed by atoms with Crippen LogP contribution in [0.4, 0.5) is 0 Å². The molecule has 12 heavy (non-hydrogen) atoms. The molecule has 0 amide bonds. The quantitative estimate of drug-likeness (QED) is 0.587. The minimum atomic E-state index is 1.08. The van der Waals surface area contributed by atoms with Crippen molar-refractivity contribution in [1.29, 1.82) is 0 Å². The summed E-state index contributed by atoms with van der Waals surface area (Å²) in [6, 6.07) is 0. The minimum absolute atomic E-state index is 1.08. The van der Waals surface area contributed by atoms with E-state index in [1.54, 1.807) is 0 Å². The maximum absolute atomic E-state index is 3.23. The first-order valence-corrected chi connectivity index (χ1v) is 4.92. The summed E-state index contributed by atoms with van der Waals surface area (Å²) in [5, 5.41) is 3.23. The third-order valence-corrected chi connectivity index (χ3v) is 1.97. The zero-order chi connectivity index (χ0) is 9.23. The highest BCUT2D eigenvalue weighted by atomic mass is 15.1. The molecule has 0 aliphatic rings. The van der Waals surface area contributed by atoms with Gasteiger partial charge in [0.15, 0.2) is 0 Å². The molecule has 0 bridgehead atoms. The Hall–Kier alpha value is -0.500. The summed E-state index contributed by atoms with van der Waals surface area (Å²) in [4.78, 5) is 2.44. The summed E-state index contributed by atoms with van der Waals surface area (Å²) in [7, 11) is 0. The lowest BCUT2D eigenvalue weighted by Gasteiger charge is -2.17. The molecule has 0 fully saturated rings. The predicted octanol–water partition coefficient (Wildman–Crippen LogP) is 1.84. The van der Waals surface area contributed by atoms with Crippen LogP contribution in [-0.2, 0) is 0 Å². The topological polar surface area (TPSA) is 15.3 Å². The van der Waals surface area contributed by atoms with E-state index in [-0.39, 0.29) is 0 Å². The van der Waals surface area contributed by atoms with Crippen LogP contribution in [0, 0.1) is 0 Å². The van der Waals surface area contributed by atoms with Crippen molar-refractivity contribution in [3.63, 3.8) is 0 Å². The van der Waals surface area contributed by atoms with Gasteiger partial charge in [0.1, 0.15) is 0 Å². The van der Waals surface area contributed by atoms with Crippen LogP contribution in [-0.4, -0.2) is 31.1 Å². The molecule has 2 nitrogen and oxygen atoms in total. The summed E-state index contributed by atoms with van der Waals surface area (Å²) < 4.78 is 0. The molecule has 0 heterocycles. The fraction of sp³-hybridized carbons (Fsp3) is 0.800. The second-order valence-corrected chi connectivity index (χ2v) is 2.83. The number of nitrogens with zero attached hydrogens (tertiary/aromatic N) is 1. The molecule has 0 aromatic rings. The Morgan fingerprint density at radius 2 is 1.92 bits per heavy atom. The lowest BCUT2D eigenvalue weighted by atomic mass is 10.3. The SMILES string of the molecule is CC=CNCCCN(CC)CC. The minimum Gasteiger partial charge on any atom is -0.391 e. The Balaban J connectivity index is 3.17. The summed E-state index contributed by atoms with van der Waals surface area (Å²) in [5.74, 6) is 0. The lowest BCUT2D eigenvalue weighted by Crippen LogP contribution is -2.26. The van der Waals surface area contributed by atoms with Crippen molar-refractivity contribution < 1.29 is 0 Å². The second-order valence-electron chi connectivity index (χ2n) is 2.83. The first-order chi connectivity index (χ1) is 5.85. The average molecular weight is 170 g/mol. The molecule has 0 atom stereocenters. The molecule has 0 aliphatic carbocycles. The average Bonchev–Trinajstić information content (AvgIpc) is 2.11. The van der Waals surface area contributed by atoms with Crippen molar-refractivity contribution in [1.82, 2.24) is 10.2 Å². The van der Waals surface area contributed by atoms with Crippen LogP contribution in [0.1, 0.15) is 27.2 Å². The van der Waals surface area contributed by atoms with Crippen molar-refractivity contribution in [2.75, 3.05) is 26.2 Å². The van der Waals surface area contributed by atoms with Gasteiger partial charge in [0.25, 0.3) is 0 Å². The molecule has 0 saturated carbocycles. The molecule has 0 aliphatic heterocycles. The van der Waals surface area contributed by atoms with Gasteiger partial charge in [-0.15, -0.1) is 0 Å². The molecule has 0 aromatic heterocycles. The highest BCUT2D eigenvalue weighted by molar-refractivity contribution is 4.73. The normalized spacial score (nSPS) is 11.3.